The Hall–Kier alpha value is -2.02. The number of benzene rings is 1. The van der Waals surface area contributed by atoms with E-state index in [9.17, 15) is 8.42 Å². The molecular weight excluding hydrogens is 230 g/mol. The molecule has 0 atom stereocenters. The molecule has 0 saturated carbocycles. The van der Waals surface area contributed by atoms with Crippen LogP contribution < -0.4 is 4.18 Å². The van der Waals surface area contributed by atoms with Crippen molar-refractivity contribution in [1.82, 2.24) is 15.0 Å². The molecule has 0 aliphatic carbocycles. The highest BCUT2D eigenvalue weighted by Gasteiger charge is 2.17. The van der Waals surface area contributed by atoms with Gasteiger partial charge in [-0.15, -0.1) is 0 Å². The molecule has 2 rings (SSSR count). The molecule has 82 valence electrons. The number of hydrogen-bond donors (Lipinski definition) is 0. The molecule has 0 amide bonds. The fraction of sp³-hybridized carbons (Fsp3) is 0. The Bertz CT molecular complexity index is 557. The van der Waals surface area contributed by atoms with Crippen LogP contribution in [0.15, 0.2) is 47.9 Å². The van der Waals surface area contributed by atoms with Crippen molar-refractivity contribution in [3.8, 4) is 6.01 Å². The fourth-order valence-corrected chi connectivity index (χ4v) is 1.87. The van der Waals surface area contributed by atoms with Gasteiger partial charge in [-0.25, -0.2) is 4.98 Å². The van der Waals surface area contributed by atoms with Crippen LogP contribution in [0.25, 0.3) is 0 Å². The molecule has 0 fully saturated rings. The maximum absolute atomic E-state index is 11.7. The largest absolute Gasteiger partial charge is 0.341 e. The van der Waals surface area contributed by atoms with Gasteiger partial charge in [0.25, 0.3) is 0 Å². The molecule has 0 radical (unpaired) electrons. The van der Waals surface area contributed by atoms with E-state index < -0.39 is 10.1 Å². The van der Waals surface area contributed by atoms with Crippen LogP contribution in [0.4, 0.5) is 0 Å². The Balaban J connectivity index is 2.29. The summed E-state index contributed by atoms with van der Waals surface area (Å²) in [5.41, 5.74) is 0. The quantitative estimate of drug-likeness (QED) is 0.728. The summed E-state index contributed by atoms with van der Waals surface area (Å²) < 4.78 is 28.1. The van der Waals surface area contributed by atoms with E-state index in [-0.39, 0.29) is 10.9 Å². The van der Waals surface area contributed by atoms with Crippen molar-refractivity contribution in [3.05, 3.63) is 43.0 Å². The molecular formula is C9H7N3O3S. The lowest BCUT2D eigenvalue weighted by molar-refractivity contribution is 0.462. The summed E-state index contributed by atoms with van der Waals surface area (Å²) in [4.78, 5) is 10.7. The molecule has 16 heavy (non-hydrogen) atoms. The molecule has 0 bridgehead atoms. The zero-order chi connectivity index (χ0) is 11.4. The Labute approximate surface area is 92.1 Å². The van der Waals surface area contributed by atoms with E-state index >= 15 is 0 Å². The van der Waals surface area contributed by atoms with Crippen LogP contribution in [-0.2, 0) is 10.1 Å². The predicted molar refractivity (Wildman–Crippen MR) is 54.1 cm³/mol. The molecule has 7 heteroatoms. The number of hydrogen-bond acceptors (Lipinski definition) is 6. The monoisotopic (exact) mass is 237 g/mol. The highest BCUT2D eigenvalue weighted by molar-refractivity contribution is 7.87. The van der Waals surface area contributed by atoms with Gasteiger partial charge < -0.3 is 4.18 Å². The van der Waals surface area contributed by atoms with E-state index in [2.05, 4.69) is 15.0 Å². The summed E-state index contributed by atoms with van der Waals surface area (Å²) in [6, 6.07) is 7.52. The average molecular weight is 237 g/mol. The van der Waals surface area contributed by atoms with Gasteiger partial charge >= 0.3 is 16.1 Å². The SMILES string of the molecule is O=S(=O)(Oc1ncncn1)c1ccccc1. The van der Waals surface area contributed by atoms with Gasteiger partial charge in [0.15, 0.2) is 0 Å². The first-order chi connectivity index (χ1) is 7.68. The molecule has 0 aliphatic rings. The second kappa shape index (κ2) is 4.23. The molecule has 0 saturated heterocycles. The third-order valence-electron chi connectivity index (χ3n) is 1.69. The van der Waals surface area contributed by atoms with Gasteiger partial charge in [-0.05, 0) is 12.1 Å². The van der Waals surface area contributed by atoms with Crippen LogP contribution in [0.1, 0.15) is 0 Å². The first-order valence-electron chi connectivity index (χ1n) is 4.30. The number of nitrogens with zero attached hydrogens (tertiary/aromatic N) is 3. The molecule has 1 heterocycles. The van der Waals surface area contributed by atoms with E-state index in [1.807, 2.05) is 0 Å². The van der Waals surface area contributed by atoms with Gasteiger partial charge in [0.2, 0.25) is 0 Å². The number of rotatable bonds is 3. The van der Waals surface area contributed by atoms with Gasteiger partial charge in [-0.3, -0.25) is 0 Å². The first kappa shape index (κ1) is 10.5. The predicted octanol–water partition coefficient (Wildman–Crippen LogP) is 0.639. The van der Waals surface area contributed by atoms with Crippen LogP contribution in [0, 0.1) is 0 Å². The van der Waals surface area contributed by atoms with E-state index in [1.54, 1.807) is 18.2 Å². The smallest absolute Gasteiger partial charge is 0.339 e. The third-order valence-corrected chi connectivity index (χ3v) is 2.90. The van der Waals surface area contributed by atoms with Gasteiger partial charge in [0, 0.05) is 0 Å². The van der Waals surface area contributed by atoms with Crippen molar-refractivity contribution in [1.29, 1.82) is 0 Å². The Morgan fingerprint density at radius 3 is 2.25 bits per heavy atom. The molecule has 2 aromatic rings. The highest BCUT2D eigenvalue weighted by atomic mass is 32.2. The lowest BCUT2D eigenvalue weighted by Crippen LogP contribution is -2.11. The lowest BCUT2D eigenvalue weighted by Gasteiger charge is -2.03. The summed E-state index contributed by atoms with van der Waals surface area (Å²) in [5, 5.41) is 0. The standard InChI is InChI=1S/C9H7N3O3S/c13-16(14,8-4-2-1-3-5-8)15-9-11-6-10-7-12-9/h1-7H. The van der Waals surface area contributed by atoms with Crippen molar-refractivity contribution in [2.45, 2.75) is 4.90 Å². The van der Waals surface area contributed by atoms with Gasteiger partial charge in [0.05, 0.1) is 0 Å². The topological polar surface area (TPSA) is 82.0 Å². The van der Waals surface area contributed by atoms with Crippen LogP contribution in [0.2, 0.25) is 0 Å². The van der Waals surface area contributed by atoms with Crippen molar-refractivity contribution in [2.24, 2.45) is 0 Å². The van der Waals surface area contributed by atoms with Crippen molar-refractivity contribution < 1.29 is 12.6 Å². The summed E-state index contributed by atoms with van der Waals surface area (Å²) in [6.07, 6.45) is 2.31. The van der Waals surface area contributed by atoms with Crippen molar-refractivity contribution in [3.63, 3.8) is 0 Å². The molecule has 6 nitrogen and oxygen atoms in total. The zero-order valence-electron chi connectivity index (χ0n) is 8.02. The molecule has 0 N–H and O–H groups in total. The van der Waals surface area contributed by atoms with E-state index in [1.165, 1.54) is 12.1 Å². The second-order valence-electron chi connectivity index (χ2n) is 2.77. The minimum atomic E-state index is -3.87. The van der Waals surface area contributed by atoms with Crippen LogP contribution >= 0.6 is 0 Å². The van der Waals surface area contributed by atoms with E-state index in [4.69, 9.17) is 4.18 Å². The average Bonchev–Trinajstić information content (AvgIpc) is 2.31. The molecule has 0 unspecified atom stereocenters. The van der Waals surface area contributed by atoms with E-state index in [0.29, 0.717) is 0 Å². The molecule has 1 aromatic heterocycles. The Morgan fingerprint density at radius 1 is 1.00 bits per heavy atom. The third kappa shape index (κ3) is 2.31. The second-order valence-corrected chi connectivity index (χ2v) is 4.32. The minimum Gasteiger partial charge on any atom is -0.339 e. The molecule has 0 aliphatic heterocycles. The minimum absolute atomic E-state index is 0.0513. The van der Waals surface area contributed by atoms with Crippen LogP contribution in [0.5, 0.6) is 6.01 Å². The summed E-state index contributed by atoms with van der Waals surface area (Å²) in [6.45, 7) is 0. The van der Waals surface area contributed by atoms with Gasteiger partial charge in [-0.2, -0.15) is 18.4 Å². The van der Waals surface area contributed by atoms with E-state index in [0.717, 1.165) is 12.7 Å². The van der Waals surface area contributed by atoms with Crippen LogP contribution in [-0.4, -0.2) is 23.4 Å². The molecule has 0 spiro atoms. The fourth-order valence-electron chi connectivity index (χ4n) is 1.01. The zero-order valence-corrected chi connectivity index (χ0v) is 8.83. The van der Waals surface area contributed by atoms with Crippen molar-refractivity contribution >= 4 is 10.1 Å². The maximum Gasteiger partial charge on any atom is 0.341 e. The Morgan fingerprint density at radius 2 is 1.62 bits per heavy atom. The Kier molecular flexibility index (Phi) is 2.78. The van der Waals surface area contributed by atoms with Gasteiger partial charge in [-0.1, -0.05) is 18.2 Å². The summed E-state index contributed by atoms with van der Waals surface area (Å²) in [7, 11) is -3.87. The highest BCUT2D eigenvalue weighted by Crippen LogP contribution is 2.12. The maximum atomic E-state index is 11.7. The normalized spacial score (nSPS) is 11.0. The summed E-state index contributed by atoms with van der Waals surface area (Å²) in [5.74, 6) is 0. The van der Waals surface area contributed by atoms with Gasteiger partial charge in [0.1, 0.15) is 17.6 Å². The number of aromatic nitrogens is 3. The lowest BCUT2D eigenvalue weighted by atomic mass is 10.4. The molecule has 1 aromatic carbocycles. The van der Waals surface area contributed by atoms with Crippen molar-refractivity contribution in [2.75, 3.05) is 0 Å². The first-order valence-corrected chi connectivity index (χ1v) is 5.71. The summed E-state index contributed by atoms with van der Waals surface area (Å²) >= 11 is 0. The van der Waals surface area contributed by atoms with Crippen LogP contribution in [0.3, 0.4) is 0 Å².